The smallest absolute Gasteiger partial charge is 0.194 e. The van der Waals surface area contributed by atoms with Crippen molar-refractivity contribution in [1.82, 2.24) is 0 Å². The van der Waals surface area contributed by atoms with Gasteiger partial charge in [0.25, 0.3) is 0 Å². The van der Waals surface area contributed by atoms with Gasteiger partial charge in [-0.15, -0.1) is 0 Å². The van der Waals surface area contributed by atoms with Gasteiger partial charge < -0.3 is 0 Å². The molecule has 204 valence electrons. The topological polar surface area (TPSA) is 0 Å². The second kappa shape index (κ2) is 7.94. The summed E-state index contributed by atoms with van der Waals surface area (Å²) in [5.74, 6) is -66.5. The number of halogens is 19. The maximum absolute atomic E-state index is 13.9. The van der Waals surface area contributed by atoms with Gasteiger partial charge in [-0.25, -0.2) is 0 Å². The normalized spacial score (nSPS) is 16.0. The van der Waals surface area contributed by atoms with Crippen LogP contribution in [0.2, 0.25) is 0 Å². The minimum absolute atomic E-state index is 0.0519. The Hall–Kier alpha value is -2.11. The van der Waals surface area contributed by atoms with Gasteiger partial charge in [0.1, 0.15) is 0 Å². The first-order valence-corrected chi connectivity index (χ1v) is 8.16. The van der Waals surface area contributed by atoms with Crippen molar-refractivity contribution in [3.05, 3.63) is 35.4 Å². The van der Waals surface area contributed by atoms with Gasteiger partial charge in [-0.2, -0.15) is 83.4 Å². The zero-order valence-corrected chi connectivity index (χ0v) is 16.0. The van der Waals surface area contributed by atoms with Crippen molar-refractivity contribution >= 4 is 0 Å². The molecule has 0 radical (unpaired) electrons. The Kier molecular flexibility index (Phi) is 7.02. The molecule has 0 saturated heterocycles. The molecule has 0 aliphatic heterocycles. The maximum atomic E-state index is 13.9. The molecule has 0 saturated carbocycles. The molecule has 0 spiro atoms. The molecule has 0 bridgehead atoms. The largest absolute Gasteiger partial charge is 0.460 e. The predicted molar refractivity (Wildman–Crippen MR) is 75.8 cm³/mol. The van der Waals surface area contributed by atoms with Gasteiger partial charge in [-0.1, -0.05) is 29.8 Å². The fraction of sp³-hybridized carbons (Fsp3) is 0.625. The minimum atomic E-state index is -8.91. The Morgan fingerprint density at radius 2 is 0.629 bits per heavy atom. The lowest BCUT2D eigenvalue weighted by molar-refractivity contribution is -0.469. The Morgan fingerprint density at radius 1 is 0.371 bits per heavy atom. The van der Waals surface area contributed by atoms with E-state index in [1.807, 2.05) is 0 Å². The number of hydrogen-bond donors (Lipinski definition) is 0. The van der Waals surface area contributed by atoms with Gasteiger partial charge in [-0.3, -0.25) is 0 Å². The van der Waals surface area contributed by atoms with Crippen LogP contribution in [-0.4, -0.2) is 47.6 Å². The SMILES string of the molecule is Cc1ccc(C(F)(F)C(F)(F)C(F)(F)C(F)(F)C(F)(F)C(F)(F)C(F)(F)C(F)(F)C(F)(F)F)cc1. The van der Waals surface area contributed by atoms with E-state index in [4.69, 9.17) is 0 Å². The Labute approximate surface area is 180 Å². The molecule has 0 amide bonds. The third-order valence-corrected chi connectivity index (χ3v) is 4.53. The number of aryl methyl sites for hydroxylation is 1. The molecule has 19 heteroatoms. The third-order valence-electron chi connectivity index (χ3n) is 4.53. The summed E-state index contributed by atoms with van der Waals surface area (Å²) in [7, 11) is 0. The molecule has 1 rings (SSSR count). The molecule has 0 atom stereocenters. The van der Waals surface area contributed by atoms with E-state index >= 15 is 0 Å². The number of alkyl halides is 19. The highest BCUT2D eigenvalue weighted by atomic mass is 19.4. The molecule has 0 aromatic heterocycles. The third kappa shape index (κ3) is 3.86. The molecule has 0 fully saturated rings. The number of rotatable bonds is 8. The second-order valence-corrected chi connectivity index (χ2v) is 6.96. The molecule has 0 aliphatic rings. The predicted octanol–water partition coefficient (Wildman–Crippen LogP) is 8.10. The summed E-state index contributed by atoms with van der Waals surface area (Å²) in [4.78, 5) is 0. The lowest BCUT2D eigenvalue weighted by Gasteiger charge is -2.43. The molecule has 0 N–H and O–H groups in total. The molecular weight excluding hydrogens is 553 g/mol. The van der Waals surface area contributed by atoms with Crippen molar-refractivity contribution in [2.75, 3.05) is 0 Å². The van der Waals surface area contributed by atoms with Crippen molar-refractivity contribution < 1.29 is 83.4 Å². The number of benzene rings is 1. The van der Waals surface area contributed by atoms with Crippen LogP contribution >= 0.6 is 0 Å². The average molecular weight is 560 g/mol. The van der Waals surface area contributed by atoms with Gasteiger partial charge in [0, 0.05) is 5.56 Å². The number of hydrogen-bond acceptors (Lipinski definition) is 0. The van der Waals surface area contributed by atoms with E-state index < -0.39 is 59.1 Å². The van der Waals surface area contributed by atoms with E-state index in [1.54, 1.807) is 0 Å². The second-order valence-electron chi connectivity index (χ2n) is 6.96. The van der Waals surface area contributed by atoms with Crippen molar-refractivity contribution in [2.45, 2.75) is 60.5 Å². The van der Waals surface area contributed by atoms with Crippen LogP contribution in [0.1, 0.15) is 11.1 Å². The van der Waals surface area contributed by atoms with Crippen LogP contribution in [0.15, 0.2) is 24.3 Å². The summed E-state index contributed by atoms with van der Waals surface area (Å²) in [5.41, 5.74) is -2.36. The minimum Gasteiger partial charge on any atom is -0.194 e. The molecule has 0 unspecified atom stereocenters. The summed E-state index contributed by atoms with van der Waals surface area (Å²) in [6.07, 6.45) is -7.89. The van der Waals surface area contributed by atoms with Crippen LogP contribution in [0.3, 0.4) is 0 Å². The monoisotopic (exact) mass is 560 g/mol. The van der Waals surface area contributed by atoms with Crippen LogP contribution < -0.4 is 0 Å². The summed E-state index contributed by atoms with van der Waals surface area (Å²) < 4.78 is 252. The van der Waals surface area contributed by atoms with Gasteiger partial charge >= 0.3 is 53.6 Å². The first-order chi connectivity index (χ1) is 15.0. The van der Waals surface area contributed by atoms with Gasteiger partial charge in [0.2, 0.25) is 0 Å². The fourth-order valence-corrected chi connectivity index (χ4v) is 2.31. The summed E-state index contributed by atoms with van der Waals surface area (Å²) in [5, 5.41) is 0. The van der Waals surface area contributed by atoms with Crippen molar-refractivity contribution in [1.29, 1.82) is 0 Å². The van der Waals surface area contributed by atoms with E-state index in [2.05, 4.69) is 0 Å². The van der Waals surface area contributed by atoms with Gasteiger partial charge in [-0.05, 0) is 6.92 Å². The first-order valence-electron chi connectivity index (χ1n) is 8.16. The molecule has 1 aromatic carbocycles. The molecule has 0 heterocycles. The lowest BCUT2D eigenvalue weighted by Crippen LogP contribution is -2.75. The Morgan fingerprint density at radius 3 is 0.914 bits per heavy atom. The Balaban J connectivity index is 3.76. The molecule has 0 aliphatic carbocycles. The van der Waals surface area contributed by atoms with Crippen molar-refractivity contribution in [3.63, 3.8) is 0 Å². The van der Waals surface area contributed by atoms with E-state index in [0.29, 0.717) is 12.1 Å². The maximum Gasteiger partial charge on any atom is 0.460 e. The average Bonchev–Trinajstić information content (AvgIpc) is 2.66. The highest BCUT2D eigenvalue weighted by molar-refractivity contribution is 5.29. The van der Waals surface area contributed by atoms with E-state index in [0.717, 1.165) is 6.92 Å². The van der Waals surface area contributed by atoms with Crippen molar-refractivity contribution in [2.24, 2.45) is 0 Å². The van der Waals surface area contributed by atoms with Crippen LogP contribution in [-0.2, 0) is 5.92 Å². The summed E-state index contributed by atoms with van der Waals surface area (Å²) in [6.45, 7) is 1.09. The first kappa shape index (κ1) is 30.9. The molecular formula is C16H7F19. The molecule has 0 nitrogen and oxygen atoms in total. The molecule has 35 heavy (non-hydrogen) atoms. The molecule has 1 aromatic rings. The van der Waals surface area contributed by atoms with E-state index in [1.165, 1.54) is 0 Å². The van der Waals surface area contributed by atoms with Crippen LogP contribution in [0.5, 0.6) is 0 Å². The van der Waals surface area contributed by atoms with Crippen LogP contribution in [0.4, 0.5) is 83.4 Å². The van der Waals surface area contributed by atoms with E-state index in [-0.39, 0.29) is 17.7 Å². The lowest BCUT2D eigenvalue weighted by atomic mass is 9.86. The highest BCUT2D eigenvalue weighted by Gasteiger charge is 2.96. The standard InChI is InChI=1S/C16H7F19/c1-6-2-4-7(5-3-6)8(17,18)9(19,20)10(21,22)11(23,24)12(25,26)13(27,28)14(29,30)15(31,32)16(33,34)35/h2-5H,1H3. The van der Waals surface area contributed by atoms with E-state index in [9.17, 15) is 83.4 Å². The van der Waals surface area contributed by atoms with Gasteiger partial charge in [0.15, 0.2) is 0 Å². The van der Waals surface area contributed by atoms with Crippen molar-refractivity contribution in [3.8, 4) is 0 Å². The highest BCUT2D eigenvalue weighted by Crippen LogP contribution is 2.66. The Bertz CT molecular complexity index is 906. The van der Waals surface area contributed by atoms with Crippen LogP contribution in [0, 0.1) is 6.92 Å². The zero-order valence-electron chi connectivity index (χ0n) is 16.0. The zero-order chi connectivity index (χ0) is 28.5. The summed E-state index contributed by atoms with van der Waals surface area (Å²) in [6, 6.07) is 0.667. The fourth-order valence-electron chi connectivity index (χ4n) is 2.31. The quantitative estimate of drug-likeness (QED) is 0.282. The van der Waals surface area contributed by atoms with Gasteiger partial charge in [0.05, 0.1) is 0 Å². The van der Waals surface area contributed by atoms with Crippen LogP contribution in [0.25, 0.3) is 0 Å². The summed E-state index contributed by atoms with van der Waals surface area (Å²) >= 11 is 0.